The fourth-order valence-corrected chi connectivity index (χ4v) is 2.66. The van der Waals surface area contributed by atoms with Gasteiger partial charge in [0.15, 0.2) is 11.5 Å². The first-order valence-corrected chi connectivity index (χ1v) is 7.10. The van der Waals surface area contributed by atoms with E-state index < -0.39 is 5.54 Å². The first kappa shape index (κ1) is 15.1. The van der Waals surface area contributed by atoms with E-state index >= 15 is 0 Å². The molecule has 2 rings (SSSR count). The molecule has 4 nitrogen and oxygen atoms in total. The molecule has 0 aromatic heterocycles. The van der Waals surface area contributed by atoms with Gasteiger partial charge in [-0.25, -0.2) is 0 Å². The van der Waals surface area contributed by atoms with Gasteiger partial charge in [0.1, 0.15) is 5.60 Å². The maximum absolute atomic E-state index is 9.23. The molecule has 0 bridgehead atoms. The van der Waals surface area contributed by atoms with Crippen molar-refractivity contribution in [2.75, 3.05) is 6.61 Å². The Morgan fingerprint density at radius 3 is 2.85 bits per heavy atom. The van der Waals surface area contributed by atoms with Crippen molar-refractivity contribution in [2.45, 2.75) is 57.8 Å². The van der Waals surface area contributed by atoms with E-state index in [-0.39, 0.29) is 18.3 Å². The molecule has 0 saturated heterocycles. The Balaban J connectivity index is 2.11. The van der Waals surface area contributed by atoms with E-state index in [9.17, 15) is 5.11 Å². The summed E-state index contributed by atoms with van der Waals surface area (Å²) in [5.41, 5.74) is 6.33. The van der Waals surface area contributed by atoms with Crippen molar-refractivity contribution in [3.05, 3.63) is 23.8 Å². The number of fused-ring (bicyclic) bond motifs is 1. The SMILES string of the molecule is CC(CC(C)(N)CO)Oc1cccc2c1OC(C)(C)C2. The lowest BCUT2D eigenvalue weighted by Gasteiger charge is -2.27. The van der Waals surface area contributed by atoms with Gasteiger partial charge in [-0.05, 0) is 33.8 Å². The number of aliphatic hydroxyl groups excluding tert-OH is 1. The molecular formula is C16H25NO3. The summed E-state index contributed by atoms with van der Waals surface area (Å²) in [6.45, 7) is 7.87. The third-order valence-corrected chi connectivity index (χ3v) is 3.50. The number of rotatable bonds is 5. The van der Waals surface area contributed by atoms with E-state index in [1.165, 1.54) is 5.56 Å². The maximum Gasteiger partial charge on any atom is 0.165 e. The summed E-state index contributed by atoms with van der Waals surface area (Å²) in [6, 6.07) is 5.98. The Bertz CT molecular complexity index is 483. The van der Waals surface area contributed by atoms with Crippen molar-refractivity contribution in [2.24, 2.45) is 5.73 Å². The number of hydrogen-bond acceptors (Lipinski definition) is 4. The third-order valence-electron chi connectivity index (χ3n) is 3.50. The van der Waals surface area contributed by atoms with Crippen molar-refractivity contribution < 1.29 is 14.6 Å². The molecule has 1 heterocycles. The average molecular weight is 279 g/mol. The number of aliphatic hydroxyl groups is 1. The van der Waals surface area contributed by atoms with Crippen LogP contribution < -0.4 is 15.2 Å². The zero-order chi connectivity index (χ0) is 15.0. The molecule has 20 heavy (non-hydrogen) atoms. The van der Waals surface area contributed by atoms with Crippen molar-refractivity contribution in [1.82, 2.24) is 0 Å². The molecule has 1 aliphatic heterocycles. The molecular weight excluding hydrogens is 254 g/mol. The van der Waals surface area contributed by atoms with Crippen LogP contribution in [0.15, 0.2) is 18.2 Å². The highest BCUT2D eigenvalue weighted by atomic mass is 16.5. The standard InChI is InChI=1S/C16H25NO3/c1-11(8-16(4,17)10-18)19-13-7-5-6-12-9-15(2,3)20-14(12)13/h5-7,11,18H,8-10,17H2,1-4H3. The minimum absolute atomic E-state index is 0.0584. The second-order valence-corrected chi connectivity index (χ2v) is 6.73. The largest absolute Gasteiger partial charge is 0.487 e. The van der Waals surface area contributed by atoms with Gasteiger partial charge in [0, 0.05) is 23.9 Å². The van der Waals surface area contributed by atoms with Gasteiger partial charge >= 0.3 is 0 Å². The Morgan fingerprint density at radius 2 is 2.20 bits per heavy atom. The highest BCUT2D eigenvalue weighted by molar-refractivity contribution is 5.50. The molecule has 1 aliphatic rings. The molecule has 0 saturated carbocycles. The molecule has 0 aliphatic carbocycles. The Kier molecular flexibility index (Phi) is 3.98. The van der Waals surface area contributed by atoms with Crippen LogP contribution in [0.1, 0.15) is 39.7 Å². The van der Waals surface area contributed by atoms with Crippen molar-refractivity contribution >= 4 is 0 Å². The number of para-hydroxylation sites is 1. The quantitative estimate of drug-likeness (QED) is 0.868. The highest BCUT2D eigenvalue weighted by Crippen LogP contribution is 2.42. The molecule has 3 N–H and O–H groups in total. The first-order chi connectivity index (χ1) is 9.22. The average Bonchev–Trinajstić information content (AvgIpc) is 2.63. The van der Waals surface area contributed by atoms with Crippen LogP contribution in [0.25, 0.3) is 0 Å². The highest BCUT2D eigenvalue weighted by Gasteiger charge is 2.33. The van der Waals surface area contributed by atoms with E-state index in [0.717, 1.165) is 17.9 Å². The van der Waals surface area contributed by atoms with Crippen LogP contribution in [-0.2, 0) is 6.42 Å². The number of nitrogens with two attached hydrogens (primary N) is 1. The smallest absolute Gasteiger partial charge is 0.165 e. The summed E-state index contributed by atoms with van der Waals surface area (Å²) in [5.74, 6) is 1.60. The first-order valence-electron chi connectivity index (χ1n) is 7.10. The number of hydrogen-bond donors (Lipinski definition) is 2. The maximum atomic E-state index is 9.23. The van der Waals surface area contributed by atoms with Gasteiger partial charge in [0.25, 0.3) is 0 Å². The lowest BCUT2D eigenvalue weighted by molar-refractivity contribution is 0.112. The molecule has 0 radical (unpaired) electrons. The van der Waals surface area contributed by atoms with Gasteiger partial charge in [-0.15, -0.1) is 0 Å². The van der Waals surface area contributed by atoms with Crippen molar-refractivity contribution in [1.29, 1.82) is 0 Å². The molecule has 2 atom stereocenters. The van der Waals surface area contributed by atoms with Gasteiger partial charge in [0.05, 0.1) is 12.7 Å². The molecule has 1 aromatic carbocycles. The van der Waals surface area contributed by atoms with E-state index in [0.29, 0.717) is 6.42 Å². The summed E-state index contributed by atoms with van der Waals surface area (Å²) in [4.78, 5) is 0. The van der Waals surface area contributed by atoms with Crippen LogP contribution in [0.3, 0.4) is 0 Å². The minimum Gasteiger partial charge on any atom is -0.487 e. The van der Waals surface area contributed by atoms with Crippen molar-refractivity contribution in [3.8, 4) is 11.5 Å². The molecule has 4 heteroatoms. The van der Waals surface area contributed by atoms with Gasteiger partial charge in [0.2, 0.25) is 0 Å². The second-order valence-electron chi connectivity index (χ2n) is 6.73. The summed E-state index contributed by atoms with van der Waals surface area (Å²) in [5, 5.41) is 9.23. The van der Waals surface area contributed by atoms with E-state index in [1.807, 2.05) is 26.0 Å². The second kappa shape index (κ2) is 5.26. The van der Waals surface area contributed by atoms with Crippen LogP contribution in [0, 0.1) is 0 Å². The van der Waals surface area contributed by atoms with Crippen LogP contribution in [0.2, 0.25) is 0 Å². The topological polar surface area (TPSA) is 64.7 Å². The summed E-state index contributed by atoms with van der Waals surface area (Å²) in [6.07, 6.45) is 1.38. The monoisotopic (exact) mass is 279 g/mol. The third kappa shape index (κ3) is 3.44. The summed E-state index contributed by atoms with van der Waals surface area (Å²) < 4.78 is 11.9. The summed E-state index contributed by atoms with van der Waals surface area (Å²) in [7, 11) is 0. The molecule has 112 valence electrons. The summed E-state index contributed by atoms with van der Waals surface area (Å²) >= 11 is 0. The molecule has 0 amide bonds. The van der Waals surface area contributed by atoms with Crippen LogP contribution >= 0.6 is 0 Å². The van der Waals surface area contributed by atoms with Gasteiger partial charge < -0.3 is 20.3 Å². The molecule has 0 fully saturated rings. The Morgan fingerprint density at radius 1 is 1.50 bits per heavy atom. The van der Waals surface area contributed by atoms with E-state index in [4.69, 9.17) is 15.2 Å². The minimum atomic E-state index is -0.627. The fourth-order valence-electron chi connectivity index (χ4n) is 2.66. The van der Waals surface area contributed by atoms with E-state index in [2.05, 4.69) is 19.9 Å². The predicted molar refractivity (Wildman–Crippen MR) is 79.2 cm³/mol. The van der Waals surface area contributed by atoms with Gasteiger partial charge in [-0.2, -0.15) is 0 Å². The zero-order valence-electron chi connectivity index (χ0n) is 12.8. The van der Waals surface area contributed by atoms with Crippen LogP contribution in [0.5, 0.6) is 11.5 Å². The Labute approximate surface area is 120 Å². The molecule has 1 aromatic rings. The van der Waals surface area contributed by atoms with E-state index in [1.54, 1.807) is 0 Å². The lowest BCUT2D eigenvalue weighted by Crippen LogP contribution is -2.43. The van der Waals surface area contributed by atoms with Crippen molar-refractivity contribution in [3.63, 3.8) is 0 Å². The van der Waals surface area contributed by atoms with Crippen LogP contribution in [0.4, 0.5) is 0 Å². The number of benzene rings is 1. The fraction of sp³-hybridized carbons (Fsp3) is 0.625. The van der Waals surface area contributed by atoms with Gasteiger partial charge in [-0.1, -0.05) is 12.1 Å². The Hall–Kier alpha value is -1.26. The zero-order valence-corrected chi connectivity index (χ0v) is 12.8. The lowest BCUT2D eigenvalue weighted by atomic mass is 9.97. The predicted octanol–water partition coefficient (Wildman–Crippen LogP) is 2.27. The van der Waals surface area contributed by atoms with Crippen LogP contribution in [-0.4, -0.2) is 29.0 Å². The number of ether oxygens (including phenoxy) is 2. The van der Waals surface area contributed by atoms with Gasteiger partial charge in [-0.3, -0.25) is 0 Å². The molecule has 2 unspecified atom stereocenters. The molecule has 0 spiro atoms. The normalized spacial score (nSPS) is 20.7.